The van der Waals surface area contributed by atoms with Crippen LogP contribution in [0.4, 0.5) is 5.69 Å². The minimum Gasteiger partial charge on any atom is -0.322 e. The van der Waals surface area contributed by atoms with E-state index in [1.165, 1.54) is 5.56 Å². The highest BCUT2D eigenvalue weighted by Crippen LogP contribution is 2.26. The van der Waals surface area contributed by atoms with Crippen molar-refractivity contribution in [2.45, 2.75) is 27.2 Å². The molecule has 0 radical (unpaired) electrons. The molecule has 0 aliphatic rings. The highest BCUT2D eigenvalue weighted by atomic mass is 16.1. The van der Waals surface area contributed by atoms with E-state index in [4.69, 9.17) is 4.98 Å². The fourth-order valence-electron chi connectivity index (χ4n) is 3.67. The van der Waals surface area contributed by atoms with E-state index in [1.807, 2.05) is 56.3 Å². The Labute approximate surface area is 171 Å². The van der Waals surface area contributed by atoms with Crippen molar-refractivity contribution in [1.29, 1.82) is 0 Å². The van der Waals surface area contributed by atoms with Gasteiger partial charge in [0.1, 0.15) is 0 Å². The smallest absolute Gasteiger partial charge is 0.256 e. The summed E-state index contributed by atoms with van der Waals surface area (Å²) in [6.07, 6.45) is 0.995. The fourth-order valence-corrected chi connectivity index (χ4v) is 3.67. The monoisotopic (exact) mass is 380 g/mol. The number of hydrogen-bond donors (Lipinski definition) is 1. The van der Waals surface area contributed by atoms with E-state index < -0.39 is 0 Å². The summed E-state index contributed by atoms with van der Waals surface area (Å²) >= 11 is 0. The van der Waals surface area contributed by atoms with Crippen molar-refractivity contribution in [3.05, 3.63) is 95.1 Å². The van der Waals surface area contributed by atoms with E-state index in [9.17, 15) is 4.79 Å². The predicted molar refractivity (Wildman–Crippen MR) is 120 cm³/mol. The van der Waals surface area contributed by atoms with Crippen LogP contribution in [-0.4, -0.2) is 10.9 Å². The van der Waals surface area contributed by atoms with Gasteiger partial charge in [-0.2, -0.15) is 0 Å². The number of hydrogen-bond acceptors (Lipinski definition) is 2. The average molecular weight is 380 g/mol. The summed E-state index contributed by atoms with van der Waals surface area (Å²) < 4.78 is 0. The topological polar surface area (TPSA) is 42.0 Å². The standard InChI is InChI=1S/C26H24N2O/c1-4-19-9-11-20(12-10-19)25-16-23(22-7-5-6-8-24(22)28-25)26(29)27-21-14-17(2)13-18(3)15-21/h5-16H,4H2,1-3H3,(H,27,29). The zero-order valence-electron chi connectivity index (χ0n) is 17.0. The molecule has 0 saturated heterocycles. The molecule has 3 nitrogen and oxygen atoms in total. The number of benzene rings is 3. The van der Waals surface area contributed by atoms with E-state index >= 15 is 0 Å². The molecule has 29 heavy (non-hydrogen) atoms. The van der Waals surface area contributed by atoms with Crippen LogP contribution in [0.25, 0.3) is 22.2 Å². The number of nitrogens with zero attached hydrogens (tertiary/aromatic N) is 1. The molecule has 0 fully saturated rings. The number of carbonyl (C=O) groups excluding carboxylic acids is 1. The molecule has 1 heterocycles. The number of amides is 1. The van der Waals surface area contributed by atoms with Crippen LogP contribution in [0.2, 0.25) is 0 Å². The van der Waals surface area contributed by atoms with Crippen molar-refractivity contribution < 1.29 is 4.79 Å². The fraction of sp³-hybridized carbons (Fsp3) is 0.154. The van der Waals surface area contributed by atoms with Gasteiger partial charge in [-0.25, -0.2) is 4.98 Å². The van der Waals surface area contributed by atoms with E-state index in [0.717, 1.165) is 45.4 Å². The summed E-state index contributed by atoms with van der Waals surface area (Å²) in [5.74, 6) is -0.125. The SMILES string of the molecule is CCc1ccc(-c2cc(C(=O)Nc3cc(C)cc(C)c3)c3ccccc3n2)cc1. The Morgan fingerprint density at radius 1 is 0.897 bits per heavy atom. The van der Waals surface area contributed by atoms with Crippen molar-refractivity contribution in [3.63, 3.8) is 0 Å². The first-order chi connectivity index (χ1) is 14.0. The molecule has 0 bridgehead atoms. The molecule has 4 rings (SSSR count). The van der Waals surface area contributed by atoms with E-state index in [1.54, 1.807) is 0 Å². The van der Waals surface area contributed by atoms with E-state index in [0.29, 0.717) is 5.56 Å². The quantitative estimate of drug-likeness (QED) is 0.449. The van der Waals surface area contributed by atoms with Gasteiger partial charge in [-0.05, 0) is 61.2 Å². The molecule has 3 aromatic carbocycles. The van der Waals surface area contributed by atoms with Crippen molar-refractivity contribution in [1.82, 2.24) is 4.98 Å². The van der Waals surface area contributed by atoms with Crippen molar-refractivity contribution in [2.24, 2.45) is 0 Å². The van der Waals surface area contributed by atoms with Crippen LogP contribution in [0.1, 0.15) is 34.0 Å². The first-order valence-electron chi connectivity index (χ1n) is 9.92. The van der Waals surface area contributed by atoms with Gasteiger partial charge >= 0.3 is 0 Å². The maximum atomic E-state index is 13.2. The summed E-state index contributed by atoms with van der Waals surface area (Å²) in [5, 5.41) is 3.91. The number of pyridine rings is 1. The number of aromatic nitrogens is 1. The van der Waals surface area contributed by atoms with Crippen LogP contribution in [0.15, 0.2) is 72.8 Å². The number of rotatable bonds is 4. The number of nitrogens with one attached hydrogen (secondary N) is 1. The van der Waals surface area contributed by atoms with Crippen molar-refractivity contribution in [3.8, 4) is 11.3 Å². The molecule has 1 amide bonds. The Kier molecular flexibility index (Phi) is 5.13. The highest BCUT2D eigenvalue weighted by Gasteiger charge is 2.14. The molecule has 1 N–H and O–H groups in total. The van der Waals surface area contributed by atoms with Gasteiger partial charge in [0.25, 0.3) is 5.91 Å². The second kappa shape index (κ2) is 7.88. The van der Waals surface area contributed by atoms with Gasteiger partial charge in [-0.1, -0.05) is 55.5 Å². The molecule has 0 saturated carbocycles. The third kappa shape index (κ3) is 4.04. The third-order valence-electron chi connectivity index (χ3n) is 5.10. The molecular formula is C26H24N2O. The number of carbonyl (C=O) groups is 1. The summed E-state index contributed by atoms with van der Waals surface area (Å²) in [6, 6.07) is 24.1. The van der Waals surface area contributed by atoms with E-state index in [-0.39, 0.29) is 5.91 Å². The molecule has 3 heteroatoms. The zero-order valence-corrected chi connectivity index (χ0v) is 17.0. The van der Waals surface area contributed by atoms with Crippen LogP contribution in [0, 0.1) is 13.8 Å². The lowest BCUT2D eigenvalue weighted by atomic mass is 10.0. The second-order valence-electron chi connectivity index (χ2n) is 7.45. The Morgan fingerprint density at radius 2 is 1.59 bits per heavy atom. The molecular weight excluding hydrogens is 356 g/mol. The average Bonchev–Trinajstić information content (AvgIpc) is 2.72. The van der Waals surface area contributed by atoms with Gasteiger partial charge < -0.3 is 5.32 Å². The highest BCUT2D eigenvalue weighted by molar-refractivity contribution is 6.13. The minimum atomic E-state index is -0.125. The summed E-state index contributed by atoms with van der Waals surface area (Å²) in [5.41, 5.74) is 7.59. The Bertz CT molecular complexity index is 1170. The normalized spacial score (nSPS) is 10.9. The van der Waals surface area contributed by atoms with E-state index in [2.05, 4.69) is 42.6 Å². The minimum absolute atomic E-state index is 0.125. The van der Waals surface area contributed by atoms with Crippen LogP contribution in [-0.2, 0) is 6.42 Å². The van der Waals surface area contributed by atoms with Crippen LogP contribution >= 0.6 is 0 Å². The van der Waals surface area contributed by atoms with Crippen LogP contribution < -0.4 is 5.32 Å². The number of anilines is 1. The Morgan fingerprint density at radius 3 is 2.28 bits per heavy atom. The molecule has 144 valence electrons. The third-order valence-corrected chi connectivity index (χ3v) is 5.10. The second-order valence-corrected chi connectivity index (χ2v) is 7.45. The predicted octanol–water partition coefficient (Wildman–Crippen LogP) is 6.33. The largest absolute Gasteiger partial charge is 0.322 e. The summed E-state index contributed by atoms with van der Waals surface area (Å²) in [7, 11) is 0. The Hall–Kier alpha value is -3.46. The van der Waals surface area contributed by atoms with Gasteiger partial charge in [0.15, 0.2) is 0 Å². The summed E-state index contributed by atoms with van der Waals surface area (Å²) in [6.45, 7) is 6.20. The van der Waals surface area contributed by atoms with Crippen molar-refractivity contribution >= 4 is 22.5 Å². The molecule has 4 aromatic rings. The lowest BCUT2D eigenvalue weighted by molar-refractivity contribution is 0.102. The van der Waals surface area contributed by atoms with Gasteiger partial charge in [0.05, 0.1) is 16.8 Å². The summed E-state index contributed by atoms with van der Waals surface area (Å²) in [4.78, 5) is 18.0. The molecule has 0 aliphatic carbocycles. The van der Waals surface area contributed by atoms with Gasteiger partial charge in [0.2, 0.25) is 0 Å². The van der Waals surface area contributed by atoms with Gasteiger partial charge in [-0.3, -0.25) is 4.79 Å². The molecule has 1 aromatic heterocycles. The number of fused-ring (bicyclic) bond motifs is 1. The maximum absolute atomic E-state index is 13.2. The van der Waals surface area contributed by atoms with Crippen molar-refractivity contribution in [2.75, 3.05) is 5.32 Å². The lowest BCUT2D eigenvalue weighted by Crippen LogP contribution is -2.13. The lowest BCUT2D eigenvalue weighted by Gasteiger charge is -2.12. The molecule has 0 unspecified atom stereocenters. The van der Waals surface area contributed by atoms with Gasteiger partial charge in [-0.15, -0.1) is 0 Å². The van der Waals surface area contributed by atoms with Crippen LogP contribution in [0.5, 0.6) is 0 Å². The Balaban J connectivity index is 1.78. The zero-order chi connectivity index (χ0) is 20.4. The molecule has 0 spiro atoms. The van der Waals surface area contributed by atoms with Crippen LogP contribution in [0.3, 0.4) is 0 Å². The molecule has 0 aliphatic heterocycles. The first kappa shape index (κ1) is 18.9. The van der Waals surface area contributed by atoms with Gasteiger partial charge in [0, 0.05) is 16.6 Å². The maximum Gasteiger partial charge on any atom is 0.256 e. The number of aryl methyl sites for hydroxylation is 3. The molecule has 0 atom stereocenters. The first-order valence-corrected chi connectivity index (χ1v) is 9.92. The number of para-hydroxylation sites is 1.